The molecule has 4 nitrogen and oxygen atoms in total. The molecule has 0 aliphatic carbocycles. The molecule has 20 heavy (non-hydrogen) atoms. The van der Waals surface area contributed by atoms with E-state index in [1.54, 1.807) is 6.92 Å². The van der Waals surface area contributed by atoms with Gasteiger partial charge in [0, 0.05) is 6.07 Å². The number of carboxylic acids is 1. The van der Waals surface area contributed by atoms with Crippen LogP contribution in [0.4, 0.5) is 8.78 Å². The van der Waals surface area contributed by atoms with Gasteiger partial charge in [-0.15, -0.1) is 0 Å². The second-order valence-corrected chi connectivity index (χ2v) is 4.72. The summed E-state index contributed by atoms with van der Waals surface area (Å²) >= 11 is 0. The normalized spacial score (nSPS) is 13.6. The number of hydrogen-bond acceptors (Lipinski definition) is 2. The van der Waals surface area contributed by atoms with Gasteiger partial charge in [-0.25, -0.2) is 13.6 Å². The van der Waals surface area contributed by atoms with Crippen LogP contribution in [-0.2, 0) is 16.0 Å². The Morgan fingerprint density at radius 1 is 1.25 bits per heavy atom. The standard InChI is InChI=1S/C14H17F2NO3/c1-3-8(2)13(14(19)20)17-12(18)6-9-4-10(15)7-11(16)5-9/h4-5,7-8,13H,3,6H2,1-2H3,(H,17,18)(H,19,20). The van der Waals surface area contributed by atoms with Gasteiger partial charge in [0.25, 0.3) is 0 Å². The third-order valence-electron chi connectivity index (χ3n) is 3.08. The largest absolute Gasteiger partial charge is 0.480 e. The van der Waals surface area contributed by atoms with Crippen LogP contribution in [0.15, 0.2) is 18.2 Å². The molecule has 0 heterocycles. The van der Waals surface area contributed by atoms with E-state index in [0.717, 1.165) is 12.1 Å². The number of carbonyl (C=O) groups excluding carboxylic acids is 1. The molecule has 1 aromatic carbocycles. The quantitative estimate of drug-likeness (QED) is 0.841. The highest BCUT2D eigenvalue weighted by Crippen LogP contribution is 2.11. The van der Waals surface area contributed by atoms with E-state index in [2.05, 4.69) is 5.32 Å². The summed E-state index contributed by atoms with van der Waals surface area (Å²) in [5, 5.41) is 11.4. The molecule has 0 saturated carbocycles. The zero-order valence-corrected chi connectivity index (χ0v) is 11.3. The zero-order valence-electron chi connectivity index (χ0n) is 11.3. The predicted molar refractivity (Wildman–Crippen MR) is 69.1 cm³/mol. The van der Waals surface area contributed by atoms with Crippen molar-refractivity contribution in [3.05, 3.63) is 35.4 Å². The van der Waals surface area contributed by atoms with Crippen molar-refractivity contribution in [3.8, 4) is 0 Å². The van der Waals surface area contributed by atoms with Crippen molar-refractivity contribution in [2.24, 2.45) is 5.92 Å². The lowest BCUT2D eigenvalue weighted by Crippen LogP contribution is -2.45. The first-order valence-electron chi connectivity index (χ1n) is 6.30. The SMILES string of the molecule is CCC(C)C(NC(=O)Cc1cc(F)cc(F)c1)C(=O)O. The van der Waals surface area contributed by atoms with Crippen LogP contribution in [0.5, 0.6) is 0 Å². The maximum Gasteiger partial charge on any atom is 0.326 e. The molecule has 1 rings (SSSR count). The minimum absolute atomic E-state index is 0.160. The molecule has 2 N–H and O–H groups in total. The molecule has 2 unspecified atom stereocenters. The number of halogens is 2. The Kier molecular flexibility index (Phi) is 5.61. The Morgan fingerprint density at radius 3 is 2.25 bits per heavy atom. The van der Waals surface area contributed by atoms with Crippen molar-refractivity contribution in [2.75, 3.05) is 0 Å². The summed E-state index contributed by atoms with van der Waals surface area (Å²) in [6.45, 7) is 3.52. The summed E-state index contributed by atoms with van der Waals surface area (Å²) in [5.41, 5.74) is 0.160. The molecule has 1 amide bonds. The summed E-state index contributed by atoms with van der Waals surface area (Å²) in [6, 6.07) is 1.79. The first kappa shape index (κ1) is 16.1. The average Bonchev–Trinajstić information content (AvgIpc) is 2.33. The zero-order chi connectivity index (χ0) is 15.3. The van der Waals surface area contributed by atoms with E-state index >= 15 is 0 Å². The van der Waals surface area contributed by atoms with Gasteiger partial charge >= 0.3 is 5.97 Å². The molecule has 6 heteroatoms. The molecule has 0 aliphatic rings. The summed E-state index contributed by atoms with van der Waals surface area (Å²) in [6.07, 6.45) is 0.320. The van der Waals surface area contributed by atoms with Gasteiger partial charge in [-0.2, -0.15) is 0 Å². The monoisotopic (exact) mass is 285 g/mol. The van der Waals surface area contributed by atoms with Gasteiger partial charge in [0.15, 0.2) is 0 Å². The van der Waals surface area contributed by atoms with E-state index in [0.29, 0.717) is 12.5 Å². The minimum atomic E-state index is -1.13. The second kappa shape index (κ2) is 6.98. The van der Waals surface area contributed by atoms with Crippen molar-refractivity contribution in [2.45, 2.75) is 32.7 Å². The van der Waals surface area contributed by atoms with Crippen LogP contribution in [0.25, 0.3) is 0 Å². The van der Waals surface area contributed by atoms with Crippen molar-refractivity contribution >= 4 is 11.9 Å². The van der Waals surface area contributed by atoms with Crippen molar-refractivity contribution in [1.29, 1.82) is 0 Å². The number of carboxylic acid groups (broad SMARTS) is 1. The third kappa shape index (κ3) is 4.60. The number of carbonyl (C=O) groups is 2. The molecule has 0 spiro atoms. The van der Waals surface area contributed by atoms with E-state index in [9.17, 15) is 18.4 Å². The molecule has 0 bridgehead atoms. The number of benzene rings is 1. The number of rotatable bonds is 6. The third-order valence-corrected chi connectivity index (χ3v) is 3.08. The van der Waals surface area contributed by atoms with Gasteiger partial charge in [-0.05, 0) is 23.6 Å². The molecule has 2 atom stereocenters. The second-order valence-electron chi connectivity index (χ2n) is 4.72. The van der Waals surface area contributed by atoms with E-state index in [4.69, 9.17) is 5.11 Å². The first-order valence-corrected chi connectivity index (χ1v) is 6.30. The first-order chi connectivity index (χ1) is 9.33. The average molecular weight is 285 g/mol. The summed E-state index contributed by atoms with van der Waals surface area (Å²) in [4.78, 5) is 22.8. The van der Waals surface area contributed by atoms with Crippen molar-refractivity contribution < 1.29 is 23.5 Å². The Labute approximate surface area is 115 Å². The minimum Gasteiger partial charge on any atom is -0.480 e. The van der Waals surface area contributed by atoms with Crippen LogP contribution in [0, 0.1) is 17.6 Å². The summed E-state index contributed by atoms with van der Waals surface area (Å²) in [5.74, 6) is -3.49. The van der Waals surface area contributed by atoms with E-state index < -0.39 is 29.6 Å². The van der Waals surface area contributed by atoms with Crippen LogP contribution < -0.4 is 5.32 Å². The van der Waals surface area contributed by atoms with Gasteiger partial charge in [0.2, 0.25) is 5.91 Å². The highest BCUT2D eigenvalue weighted by Gasteiger charge is 2.25. The van der Waals surface area contributed by atoms with Gasteiger partial charge in [0.05, 0.1) is 6.42 Å². The van der Waals surface area contributed by atoms with Gasteiger partial charge in [0.1, 0.15) is 17.7 Å². The fourth-order valence-electron chi connectivity index (χ4n) is 1.81. The van der Waals surface area contributed by atoms with E-state index in [1.807, 2.05) is 6.92 Å². The van der Waals surface area contributed by atoms with Crippen molar-refractivity contribution in [3.63, 3.8) is 0 Å². The highest BCUT2D eigenvalue weighted by molar-refractivity contribution is 5.85. The van der Waals surface area contributed by atoms with E-state index in [-0.39, 0.29) is 17.9 Å². The Bertz CT molecular complexity index is 485. The van der Waals surface area contributed by atoms with Crippen LogP contribution in [0.3, 0.4) is 0 Å². The van der Waals surface area contributed by atoms with Crippen LogP contribution in [-0.4, -0.2) is 23.0 Å². The Balaban J connectivity index is 2.73. The van der Waals surface area contributed by atoms with Crippen LogP contribution in [0.1, 0.15) is 25.8 Å². The van der Waals surface area contributed by atoms with Crippen molar-refractivity contribution in [1.82, 2.24) is 5.32 Å². The smallest absolute Gasteiger partial charge is 0.326 e. The number of amides is 1. The summed E-state index contributed by atoms with van der Waals surface area (Å²) < 4.78 is 26.0. The molecule has 1 aromatic rings. The molecule has 0 aliphatic heterocycles. The predicted octanol–water partition coefficient (Wildman–Crippen LogP) is 2.12. The molecular formula is C14H17F2NO3. The molecule has 0 aromatic heterocycles. The van der Waals surface area contributed by atoms with Gasteiger partial charge in [-0.1, -0.05) is 20.3 Å². The van der Waals surface area contributed by atoms with Gasteiger partial charge < -0.3 is 10.4 Å². The molecule has 0 radical (unpaired) electrons. The Morgan fingerprint density at radius 2 is 1.80 bits per heavy atom. The lowest BCUT2D eigenvalue weighted by Gasteiger charge is -2.20. The fourth-order valence-corrected chi connectivity index (χ4v) is 1.81. The molecular weight excluding hydrogens is 268 g/mol. The topological polar surface area (TPSA) is 66.4 Å². The van der Waals surface area contributed by atoms with E-state index in [1.165, 1.54) is 0 Å². The number of nitrogens with one attached hydrogen (secondary N) is 1. The molecule has 0 fully saturated rings. The maximum absolute atomic E-state index is 13.0. The number of hydrogen-bond donors (Lipinski definition) is 2. The maximum atomic E-state index is 13.0. The van der Waals surface area contributed by atoms with Crippen LogP contribution >= 0.6 is 0 Å². The lowest BCUT2D eigenvalue weighted by molar-refractivity contribution is -0.143. The highest BCUT2D eigenvalue weighted by atomic mass is 19.1. The summed E-state index contributed by atoms with van der Waals surface area (Å²) in [7, 11) is 0. The van der Waals surface area contributed by atoms with Gasteiger partial charge in [-0.3, -0.25) is 4.79 Å². The fraction of sp³-hybridized carbons (Fsp3) is 0.429. The van der Waals surface area contributed by atoms with Crippen LogP contribution in [0.2, 0.25) is 0 Å². The number of aliphatic carboxylic acids is 1. The molecule has 0 saturated heterocycles. The molecule has 110 valence electrons. The Hall–Kier alpha value is -1.98. The lowest BCUT2D eigenvalue weighted by atomic mass is 9.99.